The number of rotatable bonds is 5. The van der Waals surface area contributed by atoms with Crippen LogP contribution in [0.25, 0.3) is 9.75 Å². The SMILES string of the molecule is OCc1cc(CCc2ccccc2)c(-c2cccs2)s1. The first-order valence-corrected chi connectivity index (χ1v) is 8.36. The lowest BCUT2D eigenvalue weighted by Crippen LogP contribution is -1.90. The van der Waals surface area contributed by atoms with Crippen molar-refractivity contribution >= 4 is 22.7 Å². The van der Waals surface area contributed by atoms with Gasteiger partial charge in [-0.05, 0) is 41.5 Å². The van der Waals surface area contributed by atoms with Gasteiger partial charge in [-0.2, -0.15) is 0 Å². The summed E-state index contributed by atoms with van der Waals surface area (Å²) in [5.74, 6) is 0. The van der Waals surface area contributed by atoms with E-state index in [0.29, 0.717) is 0 Å². The maximum atomic E-state index is 9.37. The van der Waals surface area contributed by atoms with Gasteiger partial charge in [0.05, 0.1) is 6.61 Å². The fourth-order valence-electron chi connectivity index (χ4n) is 2.29. The van der Waals surface area contributed by atoms with Crippen LogP contribution in [0.1, 0.15) is 16.0 Å². The highest BCUT2D eigenvalue weighted by Gasteiger charge is 2.11. The third-order valence-corrected chi connectivity index (χ3v) is 5.50. The van der Waals surface area contributed by atoms with Crippen molar-refractivity contribution in [2.75, 3.05) is 0 Å². The van der Waals surface area contributed by atoms with Crippen molar-refractivity contribution in [3.8, 4) is 9.75 Å². The van der Waals surface area contributed by atoms with Crippen molar-refractivity contribution in [1.82, 2.24) is 0 Å². The van der Waals surface area contributed by atoms with Gasteiger partial charge in [-0.1, -0.05) is 36.4 Å². The Balaban J connectivity index is 1.83. The van der Waals surface area contributed by atoms with E-state index in [1.807, 2.05) is 0 Å². The molecule has 1 nitrogen and oxygen atoms in total. The smallest absolute Gasteiger partial charge is 0.0774 e. The van der Waals surface area contributed by atoms with E-state index >= 15 is 0 Å². The van der Waals surface area contributed by atoms with E-state index in [1.165, 1.54) is 20.9 Å². The van der Waals surface area contributed by atoms with Crippen LogP contribution in [0.5, 0.6) is 0 Å². The average Bonchev–Trinajstić information content (AvgIpc) is 3.15. The predicted octanol–water partition coefficient (Wildman–Crippen LogP) is 4.75. The zero-order chi connectivity index (χ0) is 13.8. The van der Waals surface area contributed by atoms with E-state index < -0.39 is 0 Å². The lowest BCUT2D eigenvalue weighted by molar-refractivity contribution is 0.285. The van der Waals surface area contributed by atoms with Crippen molar-refractivity contribution < 1.29 is 5.11 Å². The van der Waals surface area contributed by atoms with Gasteiger partial charge in [0.25, 0.3) is 0 Å². The number of aryl methyl sites for hydroxylation is 2. The van der Waals surface area contributed by atoms with E-state index in [0.717, 1.165) is 17.7 Å². The number of hydrogen-bond acceptors (Lipinski definition) is 3. The van der Waals surface area contributed by atoms with Gasteiger partial charge in [-0.15, -0.1) is 22.7 Å². The van der Waals surface area contributed by atoms with E-state index in [9.17, 15) is 5.11 Å². The van der Waals surface area contributed by atoms with Crippen LogP contribution in [0, 0.1) is 0 Å². The van der Waals surface area contributed by atoms with Crippen LogP contribution < -0.4 is 0 Å². The summed E-state index contributed by atoms with van der Waals surface area (Å²) in [6.45, 7) is 0.133. The Morgan fingerprint density at radius 1 is 0.950 bits per heavy atom. The molecule has 0 bridgehead atoms. The second kappa shape index (κ2) is 6.35. The second-order valence-electron chi connectivity index (χ2n) is 4.69. The van der Waals surface area contributed by atoms with E-state index in [-0.39, 0.29) is 6.61 Å². The van der Waals surface area contributed by atoms with Gasteiger partial charge < -0.3 is 5.11 Å². The monoisotopic (exact) mass is 300 g/mol. The van der Waals surface area contributed by atoms with Gasteiger partial charge in [0, 0.05) is 14.6 Å². The highest BCUT2D eigenvalue weighted by Crippen LogP contribution is 2.36. The van der Waals surface area contributed by atoms with Crippen molar-refractivity contribution in [2.24, 2.45) is 0 Å². The fraction of sp³-hybridized carbons (Fsp3) is 0.176. The zero-order valence-corrected chi connectivity index (χ0v) is 12.7. The van der Waals surface area contributed by atoms with E-state index in [1.54, 1.807) is 22.7 Å². The molecule has 0 aliphatic heterocycles. The zero-order valence-electron chi connectivity index (χ0n) is 11.1. The molecule has 3 rings (SSSR count). The molecule has 1 N–H and O–H groups in total. The molecule has 0 radical (unpaired) electrons. The quantitative estimate of drug-likeness (QED) is 0.720. The summed E-state index contributed by atoms with van der Waals surface area (Å²) in [7, 11) is 0. The molecule has 0 unspecified atom stereocenters. The van der Waals surface area contributed by atoms with Gasteiger partial charge in [-0.25, -0.2) is 0 Å². The highest BCUT2D eigenvalue weighted by molar-refractivity contribution is 7.21. The first kappa shape index (κ1) is 13.6. The molecule has 0 atom stereocenters. The molecule has 20 heavy (non-hydrogen) atoms. The van der Waals surface area contributed by atoms with Crippen molar-refractivity contribution in [2.45, 2.75) is 19.4 Å². The molecule has 3 heteroatoms. The first-order chi connectivity index (χ1) is 9.86. The molecule has 0 spiro atoms. The van der Waals surface area contributed by atoms with Gasteiger partial charge in [0.15, 0.2) is 0 Å². The fourth-order valence-corrected chi connectivity index (χ4v) is 4.25. The van der Waals surface area contributed by atoms with E-state index in [2.05, 4.69) is 53.9 Å². The molecule has 0 aliphatic rings. The number of hydrogen-bond donors (Lipinski definition) is 1. The molecule has 0 fully saturated rings. The van der Waals surface area contributed by atoms with Crippen LogP contribution in [-0.2, 0) is 19.4 Å². The summed E-state index contributed by atoms with van der Waals surface area (Å²) < 4.78 is 0. The number of benzene rings is 1. The minimum atomic E-state index is 0.133. The van der Waals surface area contributed by atoms with Crippen LogP contribution in [0.2, 0.25) is 0 Å². The Kier molecular flexibility index (Phi) is 4.31. The standard InChI is InChI=1S/C17H16OS2/c18-12-15-11-14(9-8-13-5-2-1-3-6-13)17(20-15)16-7-4-10-19-16/h1-7,10-11,18H,8-9,12H2. The maximum absolute atomic E-state index is 9.37. The third-order valence-electron chi connectivity index (χ3n) is 3.29. The molecule has 0 amide bonds. The second-order valence-corrected chi connectivity index (χ2v) is 6.77. The minimum Gasteiger partial charge on any atom is -0.391 e. The van der Waals surface area contributed by atoms with Crippen LogP contribution in [0.15, 0.2) is 53.9 Å². The Morgan fingerprint density at radius 2 is 1.80 bits per heavy atom. The molecule has 2 aromatic heterocycles. The van der Waals surface area contributed by atoms with E-state index in [4.69, 9.17) is 0 Å². The molecule has 102 valence electrons. The number of thiophene rings is 2. The van der Waals surface area contributed by atoms with Crippen LogP contribution in [-0.4, -0.2) is 5.11 Å². The summed E-state index contributed by atoms with van der Waals surface area (Å²) in [5.41, 5.74) is 2.71. The van der Waals surface area contributed by atoms with Crippen LogP contribution >= 0.6 is 22.7 Å². The molecule has 0 aliphatic carbocycles. The topological polar surface area (TPSA) is 20.2 Å². The lowest BCUT2D eigenvalue weighted by Gasteiger charge is -2.02. The molecule has 1 aromatic carbocycles. The maximum Gasteiger partial charge on any atom is 0.0774 e. The summed E-state index contributed by atoms with van der Waals surface area (Å²) in [5, 5.41) is 11.5. The normalized spacial score (nSPS) is 10.8. The lowest BCUT2D eigenvalue weighted by atomic mass is 10.0. The largest absolute Gasteiger partial charge is 0.391 e. The molecule has 0 saturated heterocycles. The summed E-state index contributed by atoms with van der Waals surface area (Å²) in [4.78, 5) is 3.68. The van der Waals surface area contributed by atoms with Crippen molar-refractivity contribution in [3.63, 3.8) is 0 Å². The number of aliphatic hydroxyl groups excluding tert-OH is 1. The van der Waals surface area contributed by atoms with Crippen molar-refractivity contribution in [3.05, 3.63) is 69.9 Å². The molecular weight excluding hydrogens is 284 g/mol. The summed E-state index contributed by atoms with van der Waals surface area (Å²) in [6.07, 6.45) is 2.06. The summed E-state index contributed by atoms with van der Waals surface area (Å²) in [6, 6.07) is 17.0. The summed E-state index contributed by atoms with van der Waals surface area (Å²) >= 11 is 3.48. The Labute approximate surface area is 127 Å². The Hall–Kier alpha value is -1.42. The Morgan fingerprint density at radius 3 is 2.50 bits per heavy atom. The van der Waals surface area contributed by atoms with Gasteiger partial charge in [0.1, 0.15) is 0 Å². The Bertz CT molecular complexity index is 654. The molecule has 2 heterocycles. The highest BCUT2D eigenvalue weighted by atomic mass is 32.1. The van der Waals surface area contributed by atoms with Gasteiger partial charge >= 0.3 is 0 Å². The van der Waals surface area contributed by atoms with Gasteiger partial charge in [0.2, 0.25) is 0 Å². The molecule has 0 saturated carbocycles. The number of aliphatic hydroxyl groups is 1. The molecular formula is C17H16OS2. The average molecular weight is 300 g/mol. The van der Waals surface area contributed by atoms with Crippen molar-refractivity contribution in [1.29, 1.82) is 0 Å². The van der Waals surface area contributed by atoms with Gasteiger partial charge in [-0.3, -0.25) is 0 Å². The first-order valence-electron chi connectivity index (χ1n) is 6.67. The predicted molar refractivity (Wildman–Crippen MR) is 87.4 cm³/mol. The third kappa shape index (κ3) is 3.01. The van der Waals surface area contributed by atoms with Crippen LogP contribution in [0.3, 0.4) is 0 Å². The minimum absolute atomic E-state index is 0.133. The van der Waals surface area contributed by atoms with Crippen LogP contribution in [0.4, 0.5) is 0 Å². The molecule has 3 aromatic rings.